The SMILES string of the molecule is O=S(=O)(NCc1cnc2ccccc2n1)c1ccc2c(c1)OCO2. The first kappa shape index (κ1) is 14.9. The smallest absolute Gasteiger partial charge is 0.241 e. The van der Waals surface area contributed by atoms with Gasteiger partial charge in [-0.2, -0.15) is 0 Å². The van der Waals surface area contributed by atoms with Crippen molar-refractivity contribution < 1.29 is 17.9 Å². The van der Waals surface area contributed by atoms with Crippen LogP contribution in [0.5, 0.6) is 11.5 Å². The molecule has 1 aliphatic rings. The third-order valence-corrected chi connectivity index (χ3v) is 5.00. The van der Waals surface area contributed by atoms with Crippen LogP contribution >= 0.6 is 0 Å². The minimum atomic E-state index is -3.69. The molecular weight excluding hydrogens is 330 g/mol. The van der Waals surface area contributed by atoms with Crippen LogP contribution in [0.3, 0.4) is 0 Å². The van der Waals surface area contributed by atoms with Crippen molar-refractivity contribution in [2.75, 3.05) is 6.79 Å². The largest absolute Gasteiger partial charge is 0.454 e. The van der Waals surface area contributed by atoms with Crippen LogP contribution in [-0.2, 0) is 16.6 Å². The molecular formula is C16H13N3O4S. The molecule has 0 saturated heterocycles. The summed E-state index contributed by atoms with van der Waals surface area (Å²) < 4.78 is 37.7. The van der Waals surface area contributed by atoms with Gasteiger partial charge in [0.1, 0.15) is 0 Å². The molecule has 122 valence electrons. The molecule has 7 nitrogen and oxygen atoms in total. The van der Waals surface area contributed by atoms with Gasteiger partial charge in [0.2, 0.25) is 16.8 Å². The molecule has 8 heteroatoms. The van der Waals surface area contributed by atoms with Crippen LogP contribution in [0.1, 0.15) is 5.69 Å². The number of hydrogen-bond donors (Lipinski definition) is 1. The molecule has 2 heterocycles. The standard InChI is InChI=1S/C16H13N3O4S/c20-24(21,12-5-6-15-16(7-12)23-10-22-15)18-9-11-8-17-13-3-1-2-4-14(13)19-11/h1-8,18H,9-10H2. The van der Waals surface area contributed by atoms with E-state index in [2.05, 4.69) is 14.7 Å². The number of para-hydroxylation sites is 2. The van der Waals surface area contributed by atoms with Gasteiger partial charge in [-0.1, -0.05) is 12.1 Å². The van der Waals surface area contributed by atoms with Gasteiger partial charge in [0.25, 0.3) is 0 Å². The molecule has 1 aliphatic heterocycles. The van der Waals surface area contributed by atoms with E-state index in [0.29, 0.717) is 17.2 Å². The molecule has 2 aromatic carbocycles. The molecule has 0 atom stereocenters. The van der Waals surface area contributed by atoms with Gasteiger partial charge in [-0.25, -0.2) is 18.1 Å². The molecule has 0 aliphatic carbocycles. The first-order valence-corrected chi connectivity index (χ1v) is 8.70. The summed E-state index contributed by atoms with van der Waals surface area (Å²) in [6.45, 7) is 0.146. The van der Waals surface area contributed by atoms with E-state index in [0.717, 1.165) is 11.0 Å². The van der Waals surface area contributed by atoms with Crippen molar-refractivity contribution in [1.29, 1.82) is 0 Å². The lowest BCUT2D eigenvalue weighted by atomic mass is 10.3. The molecule has 1 aromatic heterocycles. The monoisotopic (exact) mass is 343 g/mol. The summed E-state index contributed by atoms with van der Waals surface area (Å²) >= 11 is 0. The van der Waals surface area contributed by atoms with Crippen molar-refractivity contribution in [3.63, 3.8) is 0 Å². The van der Waals surface area contributed by atoms with E-state index < -0.39 is 10.0 Å². The van der Waals surface area contributed by atoms with Crippen LogP contribution < -0.4 is 14.2 Å². The zero-order valence-corrected chi connectivity index (χ0v) is 13.3. The van der Waals surface area contributed by atoms with E-state index in [4.69, 9.17) is 9.47 Å². The number of ether oxygens (including phenoxy) is 2. The van der Waals surface area contributed by atoms with Gasteiger partial charge < -0.3 is 9.47 Å². The van der Waals surface area contributed by atoms with Crippen LogP contribution in [0.25, 0.3) is 11.0 Å². The minimum Gasteiger partial charge on any atom is -0.454 e. The average molecular weight is 343 g/mol. The zero-order valence-electron chi connectivity index (χ0n) is 12.5. The summed E-state index contributed by atoms with van der Waals surface area (Å²) in [5.74, 6) is 0.956. The van der Waals surface area contributed by atoms with Gasteiger partial charge in [-0.15, -0.1) is 0 Å². The van der Waals surface area contributed by atoms with Gasteiger partial charge in [0.15, 0.2) is 11.5 Å². The molecule has 24 heavy (non-hydrogen) atoms. The zero-order chi connectivity index (χ0) is 16.6. The number of nitrogens with one attached hydrogen (secondary N) is 1. The molecule has 0 unspecified atom stereocenters. The van der Waals surface area contributed by atoms with Crippen molar-refractivity contribution in [3.8, 4) is 11.5 Å². The maximum atomic E-state index is 12.4. The molecule has 0 amide bonds. The van der Waals surface area contributed by atoms with E-state index in [1.54, 1.807) is 12.3 Å². The minimum absolute atomic E-state index is 0.0502. The molecule has 0 fully saturated rings. The van der Waals surface area contributed by atoms with Crippen LogP contribution in [0.15, 0.2) is 53.6 Å². The molecule has 0 radical (unpaired) electrons. The second-order valence-corrected chi connectivity index (χ2v) is 6.96. The average Bonchev–Trinajstić information content (AvgIpc) is 3.07. The Morgan fingerprint density at radius 3 is 2.71 bits per heavy atom. The highest BCUT2D eigenvalue weighted by atomic mass is 32.2. The molecule has 1 N–H and O–H groups in total. The van der Waals surface area contributed by atoms with Crippen LogP contribution in [0.2, 0.25) is 0 Å². The summed E-state index contributed by atoms with van der Waals surface area (Å²) in [5, 5.41) is 0. The topological polar surface area (TPSA) is 90.4 Å². The van der Waals surface area contributed by atoms with Gasteiger partial charge in [0.05, 0.1) is 34.4 Å². The Hall–Kier alpha value is -2.71. The Balaban J connectivity index is 1.55. The van der Waals surface area contributed by atoms with Gasteiger partial charge >= 0.3 is 0 Å². The van der Waals surface area contributed by atoms with Crippen molar-refractivity contribution in [2.24, 2.45) is 0 Å². The second kappa shape index (κ2) is 5.73. The molecule has 0 saturated carbocycles. The number of sulfonamides is 1. The third-order valence-electron chi connectivity index (χ3n) is 3.60. The predicted octanol–water partition coefficient (Wildman–Crippen LogP) is 1.84. The fraction of sp³-hybridized carbons (Fsp3) is 0.125. The lowest BCUT2D eigenvalue weighted by molar-refractivity contribution is 0.174. The first-order chi connectivity index (χ1) is 11.6. The van der Waals surface area contributed by atoms with Crippen molar-refractivity contribution >= 4 is 21.1 Å². The van der Waals surface area contributed by atoms with Crippen molar-refractivity contribution in [1.82, 2.24) is 14.7 Å². The van der Waals surface area contributed by atoms with E-state index in [-0.39, 0.29) is 18.2 Å². The number of hydrogen-bond acceptors (Lipinski definition) is 6. The first-order valence-electron chi connectivity index (χ1n) is 7.22. The quantitative estimate of drug-likeness (QED) is 0.777. The highest BCUT2D eigenvalue weighted by molar-refractivity contribution is 7.89. The highest BCUT2D eigenvalue weighted by Crippen LogP contribution is 2.33. The Morgan fingerprint density at radius 1 is 1.04 bits per heavy atom. The predicted molar refractivity (Wildman–Crippen MR) is 86.1 cm³/mol. The number of fused-ring (bicyclic) bond motifs is 2. The van der Waals surface area contributed by atoms with Gasteiger partial charge in [0, 0.05) is 6.07 Å². The van der Waals surface area contributed by atoms with Crippen LogP contribution in [0, 0.1) is 0 Å². The fourth-order valence-electron chi connectivity index (χ4n) is 2.38. The molecule has 0 spiro atoms. The van der Waals surface area contributed by atoms with Crippen LogP contribution in [-0.4, -0.2) is 25.2 Å². The van der Waals surface area contributed by atoms with Gasteiger partial charge in [-0.3, -0.25) is 4.98 Å². The number of aromatic nitrogens is 2. The van der Waals surface area contributed by atoms with E-state index in [1.165, 1.54) is 12.1 Å². The maximum Gasteiger partial charge on any atom is 0.241 e. The Kier molecular flexibility index (Phi) is 3.55. The van der Waals surface area contributed by atoms with Gasteiger partial charge in [-0.05, 0) is 24.3 Å². The maximum absolute atomic E-state index is 12.4. The Bertz CT molecular complexity index is 1020. The number of rotatable bonds is 4. The summed E-state index contributed by atoms with van der Waals surface area (Å²) in [6, 6.07) is 11.9. The van der Waals surface area contributed by atoms with Crippen molar-refractivity contribution in [3.05, 3.63) is 54.4 Å². The Morgan fingerprint density at radius 2 is 1.83 bits per heavy atom. The third kappa shape index (κ3) is 2.77. The number of nitrogens with zero attached hydrogens (tertiary/aromatic N) is 2. The summed E-state index contributed by atoms with van der Waals surface area (Å²) in [7, 11) is -3.69. The van der Waals surface area contributed by atoms with E-state index in [1.807, 2.05) is 24.3 Å². The van der Waals surface area contributed by atoms with E-state index >= 15 is 0 Å². The molecule has 4 rings (SSSR count). The van der Waals surface area contributed by atoms with Crippen LogP contribution in [0.4, 0.5) is 0 Å². The normalized spacial score (nSPS) is 13.3. The molecule has 0 bridgehead atoms. The van der Waals surface area contributed by atoms with Crippen molar-refractivity contribution in [2.45, 2.75) is 11.4 Å². The molecule has 3 aromatic rings. The van der Waals surface area contributed by atoms with E-state index in [9.17, 15) is 8.42 Å². The second-order valence-electron chi connectivity index (χ2n) is 5.19. The summed E-state index contributed by atoms with van der Waals surface area (Å²) in [5.41, 5.74) is 2.02. The lowest BCUT2D eigenvalue weighted by Gasteiger charge is -2.07. The highest BCUT2D eigenvalue weighted by Gasteiger charge is 2.20. The fourth-order valence-corrected chi connectivity index (χ4v) is 3.39. The Labute approximate surface area is 138 Å². The summed E-state index contributed by atoms with van der Waals surface area (Å²) in [4.78, 5) is 8.78. The number of benzene rings is 2. The lowest BCUT2D eigenvalue weighted by Crippen LogP contribution is -2.23. The summed E-state index contributed by atoms with van der Waals surface area (Å²) in [6.07, 6.45) is 1.56.